The van der Waals surface area contributed by atoms with E-state index in [4.69, 9.17) is 4.74 Å². The van der Waals surface area contributed by atoms with Crippen LogP contribution >= 0.6 is 0 Å². The Bertz CT molecular complexity index is 940. The number of hydrogen-bond donors (Lipinski definition) is 1. The second-order valence-electron chi connectivity index (χ2n) is 5.59. The maximum absolute atomic E-state index is 13.6. The number of methoxy groups -OCH3 is 1. The summed E-state index contributed by atoms with van der Waals surface area (Å²) in [5.74, 6) is 0.255. The number of imidazole rings is 1. The summed E-state index contributed by atoms with van der Waals surface area (Å²) in [6.45, 7) is 4.33. The van der Waals surface area contributed by atoms with Crippen LogP contribution in [0.15, 0.2) is 53.8 Å². The van der Waals surface area contributed by atoms with Crippen molar-refractivity contribution in [1.29, 1.82) is 0 Å². The van der Waals surface area contributed by atoms with Gasteiger partial charge in [0, 0.05) is 12.1 Å². The number of unbranched alkanes of at least 4 members (excludes halogenated alkanes) is 1. The second kappa shape index (κ2) is 6.74. The Morgan fingerprint density at radius 2 is 2.12 bits per heavy atom. The minimum absolute atomic E-state index is 0.141. The number of hydrogen-bond acceptors (Lipinski definition) is 2. The highest BCUT2D eigenvalue weighted by Gasteiger charge is 2.11. The monoisotopic (exact) mass is 326 g/mol. The predicted octanol–water partition coefficient (Wildman–Crippen LogP) is 4.11. The smallest absolute Gasteiger partial charge is 0.326 e. The van der Waals surface area contributed by atoms with E-state index in [0.29, 0.717) is 17.9 Å². The average Bonchev–Trinajstić information content (AvgIpc) is 2.90. The summed E-state index contributed by atoms with van der Waals surface area (Å²) in [4.78, 5) is 15.0. The van der Waals surface area contributed by atoms with Gasteiger partial charge in [-0.3, -0.25) is 4.57 Å². The number of rotatable bonds is 6. The third-order valence-electron chi connectivity index (χ3n) is 4.04. The molecule has 0 bridgehead atoms. The van der Waals surface area contributed by atoms with Crippen LogP contribution in [0.4, 0.5) is 4.39 Å². The molecule has 1 aromatic heterocycles. The molecule has 1 heterocycles. The number of halogens is 1. The molecule has 0 atom stereocenters. The molecule has 124 valence electrons. The van der Waals surface area contributed by atoms with Crippen LogP contribution in [-0.2, 0) is 6.54 Å². The van der Waals surface area contributed by atoms with E-state index in [1.165, 1.54) is 12.1 Å². The van der Waals surface area contributed by atoms with Crippen molar-refractivity contribution in [3.8, 4) is 16.9 Å². The van der Waals surface area contributed by atoms with E-state index >= 15 is 0 Å². The summed E-state index contributed by atoms with van der Waals surface area (Å²) < 4.78 is 20.6. The lowest BCUT2D eigenvalue weighted by atomic mass is 10.0. The van der Waals surface area contributed by atoms with Crippen LogP contribution in [0.25, 0.3) is 22.2 Å². The van der Waals surface area contributed by atoms with Crippen LogP contribution in [0.1, 0.15) is 12.8 Å². The Labute approximate surface area is 139 Å². The van der Waals surface area contributed by atoms with Crippen LogP contribution in [0.5, 0.6) is 5.75 Å². The second-order valence-corrected chi connectivity index (χ2v) is 5.59. The molecule has 1 N–H and O–H groups in total. The van der Waals surface area contributed by atoms with Crippen LogP contribution in [0.2, 0.25) is 0 Å². The number of allylic oxidation sites excluding steroid dienone is 1. The molecule has 0 aliphatic carbocycles. The molecule has 4 nitrogen and oxygen atoms in total. The van der Waals surface area contributed by atoms with Crippen molar-refractivity contribution in [2.75, 3.05) is 7.11 Å². The van der Waals surface area contributed by atoms with E-state index in [0.717, 1.165) is 29.4 Å². The fourth-order valence-electron chi connectivity index (χ4n) is 2.85. The number of nitrogens with zero attached hydrogens (tertiary/aromatic N) is 1. The van der Waals surface area contributed by atoms with Gasteiger partial charge in [0.2, 0.25) is 0 Å². The van der Waals surface area contributed by atoms with Gasteiger partial charge < -0.3 is 9.72 Å². The topological polar surface area (TPSA) is 47.0 Å². The molecule has 5 heteroatoms. The van der Waals surface area contributed by atoms with Gasteiger partial charge in [0.25, 0.3) is 0 Å². The molecule has 0 saturated carbocycles. The van der Waals surface area contributed by atoms with E-state index < -0.39 is 0 Å². The Kier molecular flexibility index (Phi) is 4.51. The van der Waals surface area contributed by atoms with Gasteiger partial charge in [-0.15, -0.1) is 6.58 Å². The van der Waals surface area contributed by atoms with Crippen molar-refractivity contribution >= 4 is 11.0 Å². The van der Waals surface area contributed by atoms with Gasteiger partial charge in [-0.05, 0) is 48.7 Å². The quantitative estimate of drug-likeness (QED) is 0.547. The molecule has 0 saturated heterocycles. The molecular weight excluding hydrogens is 307 g/mol. The number of aromatic amines is 1. The van der Waals surface area contributed by atoms with Crippen molar-refractivity contribution in [2.45, 2.75) is 19.4 Å². The molecule has 0 aliphatic rings. The molecule has 3 rings (SSSR count). The van der Waals surface area contributed by atoms with Crippen molar-refractivity contribution in [3.63, 3.8) is 0 Å². The predicted molar refractivity (Wildman–Crippen MR) is 93.9 cm³/mol. The summed E-state index contributed by atoms with van der Waals surface area (Å²) in [5.41, 5.74) is 2.86. The van der Waals surface area contributed by atoms with Crippen LogP contribution < -0.4 is 10.4 Å². The molecule has 3 aromatic rings. The molecule has 0 unspecified atom stereocenters. The highest BCUT2D eigenvalue weighted by molar-refractivity contribution is 5.83. The van der Waals surface area contributed by atoms with Gasteiger partial charge in [0.1, 0.15) is 11.6 Å². The average molecular weight is 326 g/mol. The summed E-state index contributed by atoms with van der Waals surface area (Å²) in [5, 5.41) is 0. The van der Waals surface area contributed by atoms with Gasteiger partial charge in [-0.1, -0.05) is 12.1 Å². The number of fused-ring (bicyclic) bond motifs is 1. The Balaban J connectivity index is 2.05. The number of aryl methyl sites for hydroxylation is 1. The Morgan fingerprint density at radius 3 is 2.88 bits per heavy atom. The maximum Gasteiger partial charge on any atom is 0.326 e. The summed E-state index contributed by atoms with van der Waals surface area (Å²) in [6, 6.07) is 9.98. The van der Waals surface area contributed by atoms with Gasteiger partial charge in [-0.25, -0.2) is 9.18 Å². The first-order valence-corrected chi connectivity index (χ1v) is 7.81. The van der Waals surface area contributed by atoms with Crippen molar-refractivity contribution in [3.05, 3.63) is 65.4 Å². The lowest BCUT2D eigenvalue weighted by molar-refractivity contribution is 0.415. The summed E-state index contributed by atoms with van der Waals surface area (Å²) >= 11 is 0. The van der Waals surface area contributed by atoms with Crippen LogP contribution in [0, 0.1) is 5.82 Å². The van der Waals surface area contributed by atoms with Gasteiger partial charge in [-0.2, -0.15) is 0 Å². The third-order valence-corrected chi connectivity index (χ3v) is 4.04. The van der Waals surface area contributed by atoms with E-state index in [1.807, 2.05) is 24.3 Å². The number of ether oxygens (including phenoxy) is 1. The zero-order valence-corrected chi connectivity index (χ0v) is 13.5. The van der Waals surface area contributed by atoms with Gasteiger partial charge >= 0.3 is 5.69 Å². The van der Waals surface area contributed by atoms with Crippen LogP contribution in [0.3, 0.4) is 0 Å². The Hall–Kier alpha value is -2.82. The number of aromatic nitrogens is 2. The summed E-state index contributed by atoms with van der Waals surface area (Å²) in [6.07, 6.45) is 3.56. The first-order valence-electron chi connectivity index (χ1n) is 7.81. The fraction of sp³-hybridized carbons (Fsp3) is 0.211. The molecule has 0 aliphatic heterocycles. The van der Waals surface area contributed by atoms with E-state index in [9.17, 15) is 9.18 Å². The molecule has 0 fully saturated rings. The maximum atomic E-state index is 13.6. The van der Waals surface area contributed by atoms with Crippen molar-refractivity contribution < 1.29 is 9.13 Å². The lowest BCUT2D eigenvalue weighted by Crippen LogP contribution is -2.16. The summed E-state index contributed by atoms with van der Waals surface area (Å²) in [7, 11) is 1.55. The van der Waals surface area contributed by atoms with Crippen molar-refractivity contribution in [1.82, 2.24) is 9.55 Å². The van der Waals surface area contributed by atoms with Gasteiger partial charge in [0.15, 0.2) is 0 Å². The SMILES string of the molecule is C=CCCCn1c(=O)[nH]c2cc(-c3cc(F)ccc3OC)ccc21. The first kappa shape index (κ1) is 16.1. The molecule has 0 spiro atoms. The number of nitrogens with one attached hydrogen (secondary N) is 1. The molecular formula is C19H19FN2O2. The minimum atomic E-state index is -0.332. The highest BCUT2D eigenvalue weighted by atomic mass is 19.1. The fourth-order valence-corrected chi connectivity index (χ4v) is 2.85. The third kappa shape index (κ3) is 2.97. The number of benzene rings is 2. The zero-order valence-electron chi connectivity index (χ0n) is 13.5. The van der Waals surface area contributed by atoms with Crippen molar-refractivity contribution in [2.24, 2.45) is 0 Å². The van der Waals surface area contributed by atoms with E-state index in [1.54, 1.807) is 17.7 Å². The number of H-pyrrole nitrogens is 1. The first-order chi connectivity index (χ1) is 11.6. The zero-order chi connectivity index (χ0) is 17.1. The molecule has 0 amide bonds. The van der Waals surface area contributed by atoms with E-state index in [2.05, 4.69) is 11.6 Å². The highest BCUT2D eigenvalue weighted by Crippen LogP contribution is 2.32. The Morgan fingerprint density at radius 1 is 1.29 bits per heavy atom. The molecule has 24 heavy (non-hydrogen) atoms. The largest absolute Gasteiger partial charge is 0.496 e. The van der Waals surface area contributed by atoms with Crippen LogP contribution in [-0.4, -0.2) is 16.7 Å². The standard InChI is InChI=1S/C19H19FN2O2/c1-3-4-5-10-22-17-8-6-13(11-16(17)21-19(22)23)15-12-14(20)7-9-18(15)24-2/h3,6-9,11-12H,1,4-5,10H2,2H3,(H,21,23). The molecule has 0 radical (unpaired) electrons. The normalized spacial score (nSPS) is 10.9. The van der Waals surface area contributed by atoms with Gasteiger partial charge in [0.05, 0.1) is 18.1 Å². The van der Waals surface area contributed by atoms with E-state index in [-0.39, 0.29) is 11.5 Å². The lowest BCUT2D eigenvalue weighted by Gasteiger charge is -2.09. The molecule has 2 aromatic carbocycles. The minimum Gasteiger partial charge on any atom is -0.496 e.